The third kappa shape index (κ3) is 8.02. The van der Waals surface area contributed by atoms with Crippen LogP contribution in [0.15, 0.2) is 205 Å². The van der Waals surface area contributed by atoms with Crippen molar-refractivity contribution in [1.82, 2.24) is 0 Å². The SMILES string of the molecule is C=Cc1ccc(CC(C)(c2ccccc2)c2cccc3ccccc23)cc1Cc1cc(C[C@H](CC2=CC=CC3=CC=CC=C2C3)c2ccccc2)ccc1CC. The molecule has 2 aliphatic rings. The second-order valence-electron chi connectivity index (χ2n) is 15.8. The van der Waals surface area contributed by atoms with Crippen LogP contribution in [-0.2, 0) is 31.1 Å². The summed E-state index contributed by atoms with van der Waals surface area (Å²) >= 11 is 0. The van der Waals surface area contributed by atoms with Crippen LogP contribution in [0.25, 0.3) is 16.8 Å². The van der Waals surface area contributed by atoms with E-state index in [0.717, 1.165) is 38.5 Å². The molecule has 2 atom stereocenters. The van der Waals surface area contributed by atoms with E-state index >= 15 is 0 Å². The van der Waals surface area contributed by atoms with Gasteiger partial charge in [-0.15, -0.1) is 0 Å². The maximum absolute atomic E-state index is 4.27. The van der Waals surface area contributed by atoms with Crippen molar-refractivity contribution in [2.45, 2.75) is 63.7 Å². The summed E-state index contributed by atoms with van der Waals surface area (Å²) < 4.78 is 0. The van der Waals surface area contributed by atoms with Crippen LogP contribution in [0.5, 0.6) is 0 Å². The molecule has 0 aliphatic heterocycles. The summed E-state index contributed by atoms with van der Waals surface area (Å²) in [5, 5.41) is 2.60. The van der Waals surface area contributed by atoms with Gasteiger partial charge in [0.1, 0.15) is 0 Å². The highest BCUT2D eigenvalue weighted by Crippen LogP contribution is 2.40. The predicted octanol–water partition coefficient (Wildman–Crippen LogP) is 14.2. The Morgan fingerprint density at radius 2 is 1.39 bits per heavy atom. The van der Waals surface area contributed by atoms with Crippen LogP contribution in [0.1, 0.15) is 82.7 Å². The zero-order valence-corrected chi connectivity index (χ0v) is 32.9. The Kier molecular flexibility index (Phi) is 11.1. The van der Waals surface area contributed by atoms with Gasteiger partial charge in [0.15, 0.2) is 0 Å². The molecular formula is C56H52. The topological polar surface area (TPSA) is 0 Å². The molecule has 0 heterocycles. The van der Waals surface area contributed by atoms with Crippen molar-refractivity contribution in [2.24, 2.45) is 0 Å². The first-order valence-corrected chi connectivity index (χ1v) is 20.4. The number of allylic oxidation sites excluding steroid dienone is 10. The van der Waals surface area contributed by atoms with Crippen LogP contribution in [0, 0.1) is 0 Å². The van der Waals surface area contributed by atoms with Crippen molar-refractivity contribution in [3.63, 3.8) is 0 Å². The molecule has 1 unspecified atom stereocenters. The van der Waals surface area contributed by atoms with Crippen molar-refractivity contribution < 1.29 is 0 Å². The van der Waals surface area contributed by atoms with E-state index in [9.17, 15) is 0 Å². The maximum atomic E-state index is 4.27. The molecule has 0 spiro atoms. The second-order valence-corrected chi connectivity index (χ2v) is 15.8. The fourth-order valence-corrected chi connectivity index (χ4v) is 9.12. The monoisotopic (exact) mass is 724 g/mol. The summed E-state index contributed by atoms with van der Waals surface area (Å²) in [7, 11) is 0. The van der Waals surface area contributed by atoms with Crippen molar-refractivity contribution in [2.75, 3.05) is 0 Å². The lowest BCUT2D eigenvalue weighted by atomic mass is 9.70. The quantitative estimate of drug-likeness (QED) is 0.111. The third-order valence-corrected chi connectivity index (χ3v) is 12.2. The molecule has 6 aromatic carbocycles. The average Bonchev–Trinajstić information content (AvgIpc) is 3.60. The molecule has 276 valence electrons. The zero-order valence-electron chi connectivity index (χ0n) is 32.9. The van der Waals surface area contributed by atoms with Gasteiger partial charge in [-0.2, -0.15) is 0 Å². The first-order chi connectivity index (χ1) is 27.5. The lowest BCUT2D eigenvalue weighted by molar-refractivity contribution is 0.572. The summed E-state index contributed by atoms with van der Waals surface area (Å²) in [6.07, 6.45) is 23.6. The molecular weight excluding hydrogens is 673 g/mol. The summed E-state index contributed by atoms with van der Waals surface area (Å²) in [6, 6.07) is 52.2. The fourth-order valence-electron chi connectivity index (χ4n) is 9.12. The number of benzene rings is 6. The summed E-state index contributed by atoms with van der Waals surface area (Å²) in [4.78, 5) is 0. The van der Waals surface area contributed by atoms with E-state index in [-0.39, 0.29) is 5.41 Å². The van der Waals surface area contributed by atoms with Crippen LogP contribution in [0.2, 0.25) is 0 Å². The van der Waals surface area contributed by atoms with Gasteiger partial charge in [0.25, 0.3) is 0 Å². The van der Waals surface area contributed by atoms with Gasteiger partial charge in [-0.3, -0.25) is 0 Å². The van der Waals surface area contributed by atoms with E-state index in [1.165, 1.54) is 77.6 Å². The minimum absolute atomic E-state index is 0.223. The van der Waals surface area contributed by atoms with Gasteiger partial charge in [0.2, 0.25) is 0 Å². The van der Waals surface area contributed by atoms with Crippen LogP contribution in [0.3, 0.4) is 0 Å². The molecule has 8 rings (SSSR count). The van der Waals surface area contributed by atoms with Crippen molar-refractivity contribution in [1.29, 1.82) is 0 Å². The third-order valence-electron chi connectivity index (χ3n) is 12.2. The van der Waals surface area contributed by atoms with E-state index in [2.05, 4.69) is 202 Å². The number of hydrogen-bond acceptors (Lipinski definition) is 0. The van der Waals surface area contributed by atoms with Gasteiger partial charge in [-0.1, -0.05) is 209 Å². The van der Waals surface area contributed by atoms with Gasteiger partial charge in [-0.25, -0.2) is 0 Å². The average molecular weight is 725 g/mol. The lowest BCUT2D eigenvalue weighted by Gasteiger charge is -2.33. The maximum Gasteiger partial charge on any atom is 0.0221 e. The van der Waals surface area contributed by atoms with Crippen LogP contribution in [0.4, 0.5) is 0 Å². The molecule has 0 radical (unpaired) electrons. The Labute approximate surface area is 334 Å². The first-order valence-electron chi connectivity index (χ1n) is 20.4. The van der Waals surface area contributed by atoms with E-state index in [1.807, 2.05) is 6.08 Å². The highest BCUT2D eigenvalue weighted by atomic mass is 14.3. The van der Waals surface area contributed by atoms with E-state index in [0.29, 0.717) is 5.92 Å². The van der Waals surface area contributed by atoms with Crippen molar-refractivity contribution >= 4 is 16.8 Å². The molecule has 0 saturated carbocycles. The lowest BCUT2D eigenvalue weighted by Crippen LogP contribution is -2.27. The van der Waals surface area contributed by atoms with Crippen molar-refractivity contribution in [3.8, 4) is 0 Å². The van der Waals surface area contributed by atoms with E-state index in [1.54, 1.807) is 0 Å². The summed E-state index contributed by atoms with van der Waals surface area (Å²) in [6.45, 7) is 8.98. The second kappa shape index (κ2) is 16.8. The fraction of sp³-hybridized carbons (Fsp3) is 0.179. The Morgan fingerprint density at radius 1 is 0.661 bits per heavy atom. The van der Waals surface area contributed by atoms with Gasteiger partial charge < -0.3 is 0 Å². The highest BCUT2D eigenvalue weighted by molar-refractivity contribution is 5.87. The van der Waals surface area contributed by atoms with Crippen LogP contribution >= 0.6 is 0 Å². The molecule has 2 bridgehead atoms. The van der Waals surface area contributed by atoms with Gasteiger partial charge in [0.05, 0.1) is 0 Å². The molecule has 0 heteroatoms. The smallest absolute Gasteiger partial charge is 0.0221 e. The Balaban J connectivity index is 1.12. The van der Waals surface area contributed by atoms with Gasteiger partial charge in [0, 0.05) is 5.41 Å². The molecule has 0 aromatic heterocycles. The summed E-state index contributed by atoms with van der Waals surface area (Å²) in [5.41, 5.74) is 16.2. The normalized spacial score (nSPS) is 15.2. The zero-order chi connectivity index (χ0) is 38.3. The van der Waals surface area contributed by atoms with Crippen LogP contribution < -0.4 is 0 Å². The number of hydrogen-bond donors (Lipinski definition) is 0. The van der Waals surface area contributed by atoms with Crippen LogP contribution in [-0.4, -0.2) is 0 Å². The Morgan fingerprint density at radius 3 is 2.21 bits per heavy atom. The van der Waals surface area contributed by atoms with E-state index in [4.69, 9.17) is 0 Å². The molecule has 6 aromatic rings. The molecule has 0 saturated heterocycles. The van der Waals surface area contributed by atoms with Gasteiger partial charge >= 0.3 is 0 Å². The van der Waals surface area contributed by atoms with Crippen molar-refractivity contribution in [3.05, 3.63) is 255 Å². The molecule has 56 heavy (non-hydrogen) atoms. The number of rotatable bonds is 13. The molecule has 0 fully saturated rings. The molecule has 2 aliphatic carbocycles. The Hall–Kier alpha value is -5.98. The van der Waals surface area contributed by atoms with Gasteiger partial charge in [-0.05, 0) is 122 Å². The molecule has 0 amide bonds. The first kappa shape index (κ1) is 37.0. The largest absolute Gasteiger partial charge is 0.0985 e. The highest BCUT2D eigenvalue weighted by Gasteiger charge is 2.31. The minimum Gasteiger partial charge on any atom is -0.0985 e. The molecule has 0 nitrogen and oxygen atoms in total. The summed E-state index contributed by atoms with van der Waals surface area (Å²) in [5.74, 6) is 0.367. The minimum atomic E-state index is -0.223. The van der Waals surface area contributed by atoms with E-state index < -0.39 is 0 Å². The predicted molar refractivity (Wildman–Crippen MR) is 240 cm³/mol. The molecule has 0 N–H and O–H groups in total. The number of aryl methyl sites for hydroxylation is 1. The Bertz CT molecular complexity index is 2500. The number of fused-ring (bicyclic) bond motifs is 3. The standard InChI is InChI=1S/C56H52/c1-4-44-32-30-42(36-52(46-20-8-6-9-21-46)38-49-25-16-19-41-18-12-13-23-48(49)34-41)35-50(44)39-51-37-43(31-33-45(51)5-2)40-56(3,53-26-10-7-11-27-53)55-29-17-24-47-22-14-15-28-54(47)55/h5-33,35,37,52H,2,4,34,36,38-40H2,1,3H3/t52-,56?/m1/s1.